The van der Waals surface area contributed by atoms with Crippen LogP contribution < -0.4 is 0 Å². The van der Waals surface area contributed by atoms with Crippen LogP contribution in [-0.2, 0) is 0 Å². The number of rotatable bonds is 11. The molecule has 0 saturated carbocycles. The Labute approximate surface area is 157 Å². The molecule has 0 aromatic heterocycles. The topological polar surface area (TPSA) is 40.9 Å². The fraction of sp³-hybridized carbons (Fsp3) is 1.00. The Bertz CT molecular complexity index is 436. The minimum Gasteiger partial charge on any atom is -0.255 e. The average molecular weight is 396 g/mol. The van der Waals surface area contributed by atoms with Crippen LogP contribution in [0.3, 0.4) is 0 Å². The van der Waals surface area contributed by atoms with E-state index < -0.39 is 15.0 Å². The molecule has 0 N–H and O–H groups in total. The quantitative estimate of drug-likeness (QED) is 0.489. The molecule has 152 valence electrons. The predicted molar refractivity (Wildman–Crippen MR) is 116 cm³/mol. The zero-order valence-corrected chi connectivity index (χ0v) is 20.3. The maximum atomic E-state index is 5.70. The van der Waals surface area contributed by atoms with Crippen LogP contribution in [-0.4, -0.2) is 98.4 Å². The van der Waals surface area contributed by atoms with Gasteiger partial charge in [-0.1, -0.05) is 27.7 Å². The van der Waals surface area contributed by atoms with E-state index in [1.54, 1.807) is 0 Å². The Morgan fingerprint density at radius 3 is 1.12 bits per heavy atom. The van der Waals surface area contributed by atoms with Gasteiger partial charge >= 0.3 is 0 Å². The molecule has 0 bridgehead atoms. The van der Waals surface area contributed by atoms with Gasteiger partial charge < -0.3 is 0 Å². The van der Waals surface area contributed by atoms with E-state index in [1.807, 2.05) is 0 Å². The Hall–Kier alpha value is 0.260. The first kappa shape index (κ1) is 25.3. The number of hydrogen-bond donors (Lipinski definition) is 0. The normalized spacial score (nSPS) is 13.6. The Morgan fingerprint density at radius 1 is 0.600 bits per heavy atom. The van der Waals surface area contributed by atoms with Crippen molar-refractivity contribution in [2.75, 3.05) is 75.0 Å². The minimum absolute atomic E-state index is 0.790. The molecule has 0 fully saturated rings. The highest BCUT2D eigenvalue weighted by Gasteiger charge is 2.38. The zero-order chi connectivity index (χ0) is 19.8. The van der Waals surface area contributed by atoms with Crippen molar-refractivity contribution in [2.45, 2.75) is 34.6 Å². The van der Waals surface area contributed by atoms with Gasteiger partial charge in [-0.15, -0.1) is 0 Å². The molecule has 9 heteroatoms. The first-order valence-corrected chi connectivity index (χ1v) is 12.6. The minimum atomic E-state index is -2.16. The molecule has 0 saturated heterocycles. The molecule has 0 unspecified atom stereocenters. The Kier molecular flexibility index (Phi) is 11.3. The van der Waals surface area contributed by atoms with Gasteiger partial charge in [-0.2, -0.15) is 4.52 Å². The van der Waals surface area contributed by atoms with Gasteiger partial charge in [0.15, 0.2) is 7.51 Å². The standard InChI is InChI=1S/C16H43N7P2/c1-12-17-24(22(13-2)14-3,23(15-4)16-5)18-25(19(6)7,20(8)9)21(10)11/h12-16H2,1-11H3. The van der Waals surface area contributed by atoms with Gasteiger partial charge in [-0.25, -0.2) is 9.34 Å². The van der Waals surface area contributed by atoms with Crippen LogP contribution >= 0.6 is 15.0 Å². The van der Waals surface area contributed by atoms with Crippen molar-refractivity contribution in [1.82, 2.24) is 23.4 Å². The van der Waals surface area contributed by atoms with E-state index in [0.29, 0.717) is 0 Å². The maximum absolute atomic E-state index is 5.70. The van der Waals surface area contributed by atoms with Crippen LogP contribution in [0.25, 0.3) is 0 Å². The first-order chi connectivity index (χ1) is 11.6. The molecule has 0 aliphatic heterocycles. The fourth-order valence-corrected chi connectivity index (χ4v) is 12.5. The third kappa shape index (κ3) is 5.16. The van der Waals surface area contributed by atoms with Crippen LogP contribution in [0.2, 0.25) is 0 Å². The second kappa shape index (κ2) is 11.2. The molecular formula is C16H43N7P2. The Balaban J connectivity index is 7.12. The average Bonchev–Trinajstić information content (AvgIpc) is 2.53. The van der Waals surface area contributed by atoms with E-state index in [9.17, 15) is 0 Å². The summed E-state index contributed by atoms with van der Waals surface area (Å²) in [5.41, 5.74) is 0. The lowest BCUT2D eigenvalue weighted by Crippen LogP contribution is -2.35. The van der Waals surface area contributed by atoms with E-state index in [1.165, 1.54) is 0 Å². The molecule has 7 nitrogen and oxygen atoms in total. The molecule has 0 aliphatic carbocycles. The molecule has 25 heavy (non-hydrogen) atoms. The monoisotopic (exact) mass is 395 g/mol. The van der Waals surface area contributed by atoms with E-state index in [-0.39, 0.29) is 0 Å². The lowest BCUT2D eigenvalue weighted by molar-refractivity contribution is 0.410. The summed E-state index contributed by atoms with van der Waals surface area (Å²) in [7, 11) is 8.66. The van der Waals surface area contributed by atoms with Gasteiger partial charge in [0.1, 0.15) is 0 Å². The van der Waals surface area contributed by atoms with Crippen LogP contribution in [0.5, 0.6) is 0 Å². The van der Waals surface area contributed by atoms with Gasteiger partial charge in [0.2, 0.25) is 7.51 Å². The van der Waals surface area contributed by atoms with E-state index in [0.717, 1.165) is 32.7 Å². The second-order valence-corrected chi connectivity index (χ2v) is 13.1. The predicted octanol–water partition coefficient (Wildman–Crippen LogP) is 4.27. The van der Waals surface area contributed by atoms with Crippen molar-refractivity contribution in [2.24, 2.45) is 9.26 Å². The highest BCUT2D eigenvalue weighted by Crippen LogP contribution is 2.69. The summed E-state index contributed by atoms with van der Waals surface area (Å²) in [5, 5.41) is 0. The first-order valence-electron chi connectivity index (χ1n) is 9.40. The molecule has 0 aromatic rings. The molecule has 0 spiro atoms. The summed E-state index contributed by atoms with van der Waals surface area (Å²) < 4.78 is 22.8. The van der Waals surface area contributed by atoms with E-state index >= 15 is 0 Å². The molecule has 0 aliphatic rings. The summed E-state index contributed by atoms with van der Waals surface area (Å²) in [6, 6.07) is 0. The van der Waals surface area contributed by atoms with Gasteiger partial charge in [0.05, 0.1) is 0 Å². The molecule has 0 amide bonds. The highest BCUT2D eigenvalue weighted by atomic mass is 31.2. The molecular weight excluding hydrogens is 352 g/mol. The molecule has 0 heterocycles. The maximum Gasteiger partial charge on any atom is 0.213 e. The number of nitrogens with zero attached hydrogens (tertiary/aromatic N) is 7. The lowest BCUT2D eigenvalue weighted by Gasteiger charge is -2.46. The van der Waals surface area contributed by atoms with Crippen molar-refractivity contribution in [3.8, 4) is 0 Å². The van der Waals surface area contributed by atoms with Crippen molar-refractivity contribution in [1.29, 1.82) is 0 Å². The van der Waals surface area contributed by atoms with Crippen LogP contribution in [0.4, 0.5) is 0 Å². The van der Waals surface area contributed by atoms with Crippen LogP contribution in [0.15, 0.2) is 9.26 Å². The smallest absolute Gasteiger partial charge is 0.213 e. The van der Waals surface area contributed by atoms with Crippen molar-refractivity contribution in [3.05, 3.63) is 0 Å². The largest absolute Gasteiger partial charge is 0.255 e. The van der Waals surface area contributed by atoms with Crippen LogP contribution in [0.1, 0.15) is 34.6 Å². The SMILES string of the molecule is CCN=P(N=P(N(C)C)(N(C)C)N(C)C)(N(CC)CC)N(CC)CC. The third-order valence-electron chi connectivity index (χ3n) is 4.40. The Morgan fingerprint density at radius 2 is 0.920 bits per heavy atom. The molecule has 0 rings (SSSR count). The number of hydrogen-bond acceptors (Lipinski definition) is 1. The molecule has 0 aromatic carbocycles. The molecule has 0 atom stereocenters. The van der Waals surface area contributed by atoms with Gasteiger partial charge in [0.25, 0.3) is 0 Å². The summed E-state index contributed by atoms with van der Waals surface area (Å²) >= 11 is 0. The van der Waals surface area contributed by atoms with Crippen molar-refractivity contribution in [3.63, 3.8) is 0 Å². The van der Waals surface area contributed by atoms with Gasteiger partial charge in [-0.3, -0.25) is 18.8 Å². The summed E-state index contributed by atoms with van der Waals surface area (Å²) in [5.74, 6) is 0. The fourth-order valence-electron chi connectivity index (χ4n) is 3.37. The van der Waals surface area contributed by atoms with Gasteiger partial charge in [0, 0.05) is 32.7 Å². The second-order valence-electron chi connectivity index (χ2n) is 6.44. The summed E-state index contributed by atoms with van der Waals surface area (Å²) in [6.45, 7) is 15.7. The van der Waals surface area contributed by atoms with Crippen LogP contribution in [0, 0.1) is 0 Å². The van der Waals surface area contributed by atoms with Crippen molar-refractivity contribution < 1.29 is 0 Å². The summed E-state index contributed by atoms with van der Waals surface area (Å²) in [4.78, 5) is 0. The lowest BCUT2D eigenvalue weighted by atomic mass is 10.7. The van der Waals surface area contributed by atoms with Crippen molar-refractivity contribution >= 4 is 15.0 Å². The third-order valence-corrected chi connectivity index (χ3v) is 12.9. The van der Waals surface area contributed by atoms with E-state index in [2.05, 4.69) is 100 Å². The highest BCUT2D eigenvalue weighted by molar-refractivity contribution is 7.71. The van der Waals surface area contributed by atoms with E-state index in [4.69, 9.17) is 9.26 Å². The molecule has 0 radical (unpaired) electrons. The zero-order valence-electron chi connectivity index (χ0n) is 18.6. The summed E-state index contributed by atoms with van der Waals surface area (Å²) in [6.07, 6.45) is 0. The van der Waals surface area contributed by atoms with Gasteiger partial charge in [-0.05, 0) is 49.2 Å².